The molecule has 2 N–H and O–H groups in total. The molecule has 1 aliphatic rings. The number of hydrogen-bond acceptors (Lipinski definition) is 2. The monoisotopic (exact) mass is 325 g/mol. The van der Waals surface area contributed by atoms with Crippen molar-refractivity contribution in [1.82, 2.24) is 20.4 Å². The summed E-state index contributed by atoms with van der Waals surface area (Å²) in [7, 11) is 0. The zero-order chi connectivity index (χ0) is 16.8. The third kappa shape index (κ3) is 4.37. The standard InChI is InChI=1S/C19H27N5/c1-3-20-19(21-10-6-12-24-13-7-11-22-24)23-18-14-17(18)16-9-5-4-8-15(16)2/h4-5,7-9,11,13,17-18H,3,6,10,12,14H2,1-2H3,(H2,20,21,23). The lowest BCUT2D eigenvalue weighted by molar-refractivity contribution is 0.583. The molecule has 0 radical (unpaired) electrons. The van der Waals surface area contributed by atoms with E-state index in [4.69, 9.17) is 4.99 Å². The maximum absolute atomic E-state index is 4.70. The number of rotatable bonds is 7. The largest absolute Gasteiger partial charge is 0.357 e. The molecule has 2 aromatic rings. The van der Waals surface area contributed by atoms with Crippen molar-refractivity contribution in [2.75, 3.05) is 13.1 Å². The summed E-state index contributed by atoms with van der Waals surface area (Å²) in [5, 5.41) is 11.1. The summed E-state index contributed by atoms with van der Waals surface area (Å²) >= 11 is 0. The van der Waals surface area contributed by atoms with Crippen molar-refractivity contribution in [3.8, 4) is 0 Å². The maximum Gasteiger partial charge on any atom is 0.191 e. The predicted molar refractivity (Wildman–Crippen MR) is 98.3 cm³/mol. The fourth-order valence-electron chi connectivity index (χ4n) is 3.05. The first-order chi connectivity index (χ1) is 11.8. The van der Waals surface area contributed by atoms with Crippen LogP contribution in [0.1, 0.15) is 36.8 Å². The highest BCUT2D eigenvalue weighted by atomic mass is 15.3. The first-order valence-corrected chi connectivity index (χ1v) is 8.85. The van der Waals surface area contributed by atoms with Crippen LogP contribution in [0.4, 0.5) is 0 Å². The molecule has 1 fully saturated rings. The molecule has 1 heterocycles. The summed E-state index contributed by atoms with van der Waals surface area (Å²) < 4.78 is 1.95. The summed E-state index contributed by atoms with van der Waals surface area (Å²) in [4.78, 5) is 4.70. The Morgan fingerprint density at radius 1 is 1.33 bits per heavy atom. The zero-order valence-corrected chi connectivity index (χ0v) is 14.6. The van der Waals surface area contributed by atoms with Crippen molar-refractivity contribution in [2.45, 2.75) is 45.2 Å². The van der Waals surface area contributed by atoms with Gasteiger partial charge in [0.25, 0.3) is 0 Å². The van der Waals surface area contributed by atoms with E-state index in [2.05, 4.69) is 53.8 Å². The number of guanidine groups is 1. The number of hydrogen-bond donors (Lipinski definition) is 2. The van der Waals surface area contributed by atoms with Gasteiger partial charge >= 0.3 is 0 Å². The van der Waals surface area contributed by atoms with E-state index >= 15 is 0 Å². The Morgan fingerprint density at radius 2 is 2.21 bits per heavy atom. The number of aromatic nitrogens is 2. The minimum atomic E-state index is 0.495. The van der Waals surface area contributed by atoms with E-state index < -0.39 is 0 Å². The van der Waals surface area contributed by atoms with Gasteiger partial charge in [-0.1, -0.05) is 24.3 Å². The second kappa shape index (κ2) is 7.99. The molecule has 0 aliphatic heterocycles. The van der Waals surface area contributed by atoms with E-state index in [0.29, 0.717) is 12.0 Å². The molecule has 2 atom stereocenters. The maximum atomic E-state index is 4.70. The Labute approximate surface area is 144 Å². The van der Waals surface area contributed by atoms with Crippen LogP contribution in [0.15, 0.2) is 47.7 Å². The molecule has 0 saturated heterocycles. The second-order valence-corrected chi connectivity index (χ2v) is 6.33. The normalized spacial score (nSPS) is 20.0. The quantitative estimate of drug-likeness (QED) is 0.467. The van der Waals surface area contributed by atoms with Crippen LogP contribution >= 0.6 is 0 Å². The molecule has 1 aromatic carbocycles. The molecule has 3 rings (SSSR count). The minimum absolute atomic E-state index is 0.495. The highest BCUT2D eigenvalue weighted by Crippen LogP contribution is 2.41. The third-order valence-electron chi connectivity index (χ3n) is 4.42. The SMILES string of the molecule is CCNC(=NCCCn1cccn1)NC1CC1c1ccccc1C. The van der Waals surface area contributed by atoms with Crippen molar-refractivity contribution < 1.29 is 0 Å². The average molecular weight is 325 g/mol. The molecule has 1 aromatic heterocycles. The lowest BCUT2D eigenvalue weighted by atomic mass is 10.0. The Morgan fingerprint density at radius 3 is 2.96 bits per heavy atom. The van der Waals surface area contributed by atoms with E-state index in [-0.39, 0.29) is 0 Å². The van der Waals surface area contributed by atoms with Gasteiger partial charge in [0.1, 0.15) is 0 Å². The van der Waals surface area contributed by atoms with Crippen molar-refractivity contribution in [3.05, 3.63) is 53.9 Å². The van der Waals surface area contributed by atoms with E-state index in [0.717, 1.165) is 32.0 Å². The van der Waals surface area contributed by atoms with Crippen LogP contribution in [0.5, 0.6) is 0 Å². The lowest BCUT2D eigenvalue weighted by Gasteiger charge is -2.12. The molecule has 2 unspecified atom stereocenters. The Kier molecular flexibility index (Phi) is 5.51. The van der Waals surface area contributed by atoms with Crippen LogP contribution < -0.4 is 10.6 Å². The molecule has 5 nitrogen and oxygen atoms in total. The van der Waals surface area contributed by atoms with Gasteiger partial charge in [-0.05, 0) is 43.9 Å². The van der Waals surface area contributed by atoms with Gasteiger partial charge in [-0.25, -0.2) is 0 Å². The molecular weight excluding hydrogens is 298 g/mol. The number of nitrogens with zero attached hydrogens (tertiary/aromatic N) is 3. The van der Waals surface area contributed by atoms with E-state index in [9.17, 15) is 0 Å². The Bertz CT molecular complexity index is 662. The van der Waals surface area contributed by atoms with Gasteiger partial charge in [0.15, 0.2) is 5.96 Å². The number of aliphatic imine (C=N–C) groups is 1. The second-order valence-electron chi connectivity index (χ2n) is 6.33. The third-order valence-corrected chi connectivity index (χ3v) is 4.42. The van der Waals surface area contributed by atoms with Crippen LogP contribution in [0.25, 0.3) is 0 Å². The summed E-state index contributed by atoms with van der Waals surface area (Å²) in [6.45, 7) is 6.89. The van der Waals surface area contributed by atoms with Gasteiger partial charge in [-0.15, -0.1) is 0 Å². The van der Waals surface area contributed by atoms with Crippen LogP contribution in [0.3, 0.4) is 0 Å². The van der Waals surface area contributed by atoms with Crippen LogP contribution in [0.2, 0.25) is 0 Å². The molecule has 24 heavy (non-hydrogen) atoms. The van der Waals surface area contributed by atoms with Crippen LogP contribution in [-0.4, -0.2) is 34.9 Å². The molecule has 1 aliphatic carbocycles. The summed E-state index contributed by atoms with van der Waals surface area (Å²) in [6, 6.07) is 11.1. The first kappa shape index (κ1) is 16.6. The fourth-order valence-corrected chi connectivity index (χ4v) is 3.05. The number of nitrogens with one attached hydrogen (secondary N) is 2. The Hall–Kier alpha value is -2.30. The van der Waals surface area contributed by atoms with Crippen LogP contribution in [0, 0.1) is 6.92 Å². The van der Waals surface area contributed by atoms with Gasteiger partial charge in [-0.2, -0.15) is 5.10 Å². The summed E-state index contributed by atoms with van der Waals surface area (Å²) in [5.41, 5.74) is 2.84. The Balaban J connectivity index is 1.49. The molecule has 0 bridgehead atoms. The lowest BCUT2D eigenvalue weighted by Crippen LogP contribution is -2.39. The molecule has 128 valence electrons. The smallest absolute Gasteiger partial charge is 0.191 e. The number of benzene rings is 1. The van der Waals surface area contributed by atoms with Gasteiger partial charge in [0.2, 0.25) is 0 Å². The van der Waals surface area contributed by atoms with E-state index in [1.807, 2.05) is 23.1 Å². The van der Waals surface area contributed by atoms with Crippen LogP contribution in [-0.2, 0) is 6.54 Å². The van der Waals surface area contributed by atoms with Crippen molar-refractivity contribution in [1.29, 1.82) is 0 Å². The molecule has 0 amide bonds. The van der Waals surface area contributed by atoms with E-state index in [1.165, 1.54) is 17.5 Å². The molecule has 0 spiro atoms. The summed E-state index contributed by atoms with van der Waals surface area (Å²) in [6.07, 6.45) is 5.98. The van der Waals surface area contributed by atoms with Gasteiger partial charge in [0, 0.05) is 44.0 Å². The molecular formula is C19H27N5. The number of aryl methyl sites for hydroxylation is 2. The van der Waals surface area contributed by atoms with Gasteiger partial charge < -0.3 is 10.6 Å². The zero-order valence-electron chi connectivity index (χ0n) is 14.6. The predicted octanol–water partition coefficient (Wildman–Crippen LogP) is 2.69. The molecule has 1 saturated carbocycles. The topological polar surface area (TPSA) is 54.2 Å². The van der Waals surface area contributed by atoms with Gasteiger partial charge in [-0.3, -0.25) is 9.67 Å². The highest BCUT2D eigenvalue weighted by Gasteiger charge is 2.39. The van der Waals surface area contributed by atoms with Crippen molar-refractivity contribution >= 4 is 5.96 Å². The minimum Gasteiger partial charge on any atom is -0.357 e. The highest BCUT2D eigenvalue weighted by molar-refractivity contribution is 5.80. The van der Waals surface area contributed by atoms with Gasteiger partial charge in [0.05, 0.1) is 0 Å². The van der Waals surface area contributed by atoms with E-state index in [1.54, 1.807) is 0 Å². The first-order valence-electron chi connectivity index (χ1n) is 8.85. The van der Waals surface area contributed by atoms with Crippen molar-refractivity contribution in [3.63, 3.8) is 0 Å². The molecule has 5 heteroatoms. The fraction of sp³-hybridized carbons (Fsp3) is 0.474. The summed E-state index contributed by atoms with van der Waals surface area (Å²) in [5.74, 6) is 1.54. The average Bonchev–Trinajstić information content (AvgIpc) is 3.13. The van der Waals surface area contributed by atoms with Crippen molar-refractivity contribution in [2.24, 2.45) is 4.99 Å².